The first-order valence-electron chi connectivity index (χ1n) is 11.9. The minimum atomic E-state index is -4.91. The van der Waals surface area contributed by atoms with E-state index in [0.29, 0.717) is 47.0 Å². The lowest BCUT2D eigenvalue weighted by Gasteiger charge is -2.14. The summed E-state index contributed by atoms with van der Waals surface area (Å²) in [5.41, 5.74) is 1.62. The smallest absolute Gasteiger partial charge is 0.406 e. The number of thiophene rings is 2. The SMILES string of the molecule is [C-]#[N+]C([N+]#[C-])=c1cc2c(-c3ccc(OC(F)(F)F)cc3)c3sc(=C(C#N)C#N)cc3c(-c3ccc(OC(F)(F)F)cc3)c2s1. The average molecular weight is 637 g/mol. The second-order valence-corrected chi connectivity index (χ2v) is 10.9. The van der Waals surface area contributed by atoms with Gasteiger partial charge < -0.3 is 9.47 Å². The first-order chi connectivity index (χ1) is 20.9. The van der Waals surface area contributed by atoms with Crippen LogP contribution in [-0.4, -0.2) is 12.7 Å². The van der Waals surface area contributed by atoms with Crippen molar-refractivity contribution < 1.29 is 35.8 Å². The van der Waals surface area contributed by atoms with E-state index in [1.54, 1.807) is 12.1 Å². The third-order valence-corrected chi connectivity index (χ3v) is 8.43. The van der Waals surface area contributed by atoms with Gasteiger partial charge in [0.1, 0.15) is 46.9 Å². The molecule has 0 saturated heterocycles. The molecule has 0 N–H and O–H groups in total. The highest BCUT2D eigenvalue weighted by Crippen LogP contribution is 2.46. The van der Waals surface area contributed by atoms with Gasteiger partial charge in [-0.1, -0.05) is 24.3 Å². The summed E-state index contributed by atoms with van der Waals surface area (Å²) in [6, 6.07) is 16.9. The van der Waals surface area contributed by atoms with E-state index in [1.807, 2.05) is 12.1 Å². The highest BCUT2D eigenvalue weighted by atomic mass is 32.1. The van der Waals surface area contributed by atoms with Crippen LogP contribution in [0.1, 0.15) is 0 Å². The molecule has 0 radical (unpaired) electrons. The average Bonchev–Trinajstić information content (AvgIpc) is 3.58. The summed E-state index contributed by atoms with van der Waals surface area (Å²) in [5, 5.41) is 20.1. The van der Waals surface area contributed by atoms with Crippen molar-refractivity contribution in [1.29, 1.82) is 10.5 Å². The van der Waals surface area contributed by atoms with E-state index >= 15 is 0 Å². The van der Waals surface area contributed by atoms with Crippen LogP contribution in [0.25, 0.3) is 63.5 Å². The van der Waals surface area contributed by atoms with Crippen LogP contribution in [0, 0.1) is 35.8 Å². The summed E-state index contributed by atoms with van der Waals surface area (Å²) in [6.07, 6.45) is -9.83. The zero-order valence-electron chi connectivity index (χ0n) is 21.5. The van der Waals surface area contributed by atoms with Gasteiger partial charge in [0.05, 0.1) is 4.53 Å². The number of hydrogen-bond acceptors (Lipinski definition) is 6. The quantitative estimate of drug-likeness (QED) is 0.147. The Bertz CT molecular complexity index is 1990. The van der Waals surface area contributed by atoms with E-state index in [-0.39, 0.29) is 15.9 Å². The lowest BCUT2D eigenvalue weighted by atomic mass is 9.93. The minimum Gasteiger partial charge on any atom is -0.406 e. The molecule has 44 heavy (non-hydrogen) atoms. The van der Waals surface area contributed by atoms with Crippen LogP contribution in [0.5, 0.6) is 11.5 Å². The van der Waals surface area contributed by atoms with Crippen LogP contribution in [0.15, 0.2) is 60.7 Å². The van der Waals surface area contributed by atoms with Gasteiger partial charge in [0.2, 0.25) is 0 Å². The number of benzene rings is 3. The van der Waals surface area contributed by atoms with Crippen molar-refractivity contribution in [3.05, 3.63) is 92.6 Å². The van der Waals surface area contributed by atoms with Crippen molar-refractivity contribution in [2.45, 2.75) is 12.7 Å². The van der Waals surface area contributed by atoms with Crippen LogP contribution in [0.3, 0.4) is 0 Å². The maximum atomic E-state index is 12.8. The first-order valence-corrected chi connectivity index (χ1v) is 13.5. The van der Waals surface area contributed by atoms with E-state index in [0.717, 1.165) is 46.9 Å². The monoisotopic (exact) mass is 636 g/mol. The van der Waals surface area contributed by atoms with Crippen LogP contribution >= 0.6 is 22.7 Å². The van der Waals surface area contributed by atoms with Gasteiger partial charge in [-0.2, -0.15) is 20.2 Å². The van der Waals surface area contributed by atoms with Gasteiger partial charge in [-0.05, 0) is 47.5 Å². The Hall–Kier alpha value is -5.54. The van der Waals surface area contributed by atoms with E-state index in [2.05, 4.69) is 19.2 Å². The molecule has 0 spiro atoms. The predicted molar refractivity (Wildman–Crippen MR) is 152 cm³/mol. The molecule has 0 amide bonds. The number of fused-ring (bicyclic) bond motifs is 2. The number of nitriles is 2. The molecule has 2 heterocycles. The van der Waals surface area contributed by atoms with Gasteiger partial charge in [-0.25, -0.2) is 0 Å². The minimum absolute atomic E-state index is 0.202. The predicted octanol–water partition coefficient (Wildman–Crippen LogP) is 8.35. The van der Waals surface area contributed by atoms with E-state index in [4.69, 9.17) is 13.1 Å². The maximum Gasteiger partial charge on any atom is 0.573 e. The van der Waals surface area contributed by atoms with Crippen LogP contribution < -0.4 is 18.5 Å². The van der Waals surface area contributed by atoms with Crippen LogP contribution in [-0.2, 0) is 0 Å². The molecule has 0 fully saturated rings. The molecular weight excluding hydrogens is 626 g/mol. The summed E-state index contributed by atoms with van der Waals surface area (Å²) in [4.78, 5) is 6.58. The van der Waals surface area contributed by atoms with Crippen molar-refractivity contribution >= 4 is 54.2 Å². The summed E-state index contributed by atoms with van der Waals surface area (Å²) < 4.78 is 86.3. The fourth-order valence-electron chi connectivity index (χ4n) is 4.49. The fourth-order valence-corrected chi connectivity index (χ4v) is 6.86. The Kier molecular flexibility index (Phi) is 7.67. The Morgan fingerprint density at radius 1 is 0.659 bits per heavy atom. The number of alkyl halides is 6. The highest BCUT2D eigenvalue weighted by molar-refractivity contribution is 7.20. The molecule has 0 bridgehead atoms. The standard InChI is InChI=1S/C30H10F6N4O2S2/c1-39-28(40-2)23-12-21-25(16-5-9-19(10-6-16)42-30(34,35)36)26-20(11-22(43-26)17(13-37)14-38)24(27(21)44-23)15-3-7-18(8-4-15)41-29(31,32)33/h3-12H. The Balaban J connectivity index is 1.92. The molecule has 14 heteroatoms. The van der Waals surface area contributed by atoms with Gasteiger partial charge in [0.25, 0.3) is 0 Å². The second kappa shape index (κ2) is 11.3. The number of nitrogens with zero attached hydrogens (tertiary/aromatic N) is 4. The third-order valence-electron chi connectivity index (χ3n) is 6.11. The maximum absolute atomic E-state index is 12.8. The topological polar surface area (TPSA) is 74.8 Å². The van der Waals surface area contributed by atoms with Gasteiger partial charge >= 0.3 is 18.5 Å². The molecule has 5 aromatic rings. The van der Waals surface area contributed by atoms with Crippen molar-refractivity contribution in [3.8, 4) is 45.9 Å². The molecule has 0 unspecified atom stereocenters. The van der Waals surface area contributed by atoms with Gasteiger partial charge in [0, 0.05) is 31.3 Å². The number of hydrogen-bond donors (Lipinski definition) is 0. The van der Waals surface area contributed by atoms with Crippen LogP contribution in [0.2, 0.25) is 0 Å². The Labute approximate surface area is 251 Å². The van der Waals surface area contributed by atoms with Crippen molar-refractivity contribution in [3.63, 3.8) is 0 Å². The van der Waals surface area contributed by atoms with E-state index in [9.17, 15) is 36.9 Å². The largest absolute Gasteiger partial charge is 0.573 e. The van der Waals surface area contributed by atoms with Crippen molar-refractivity contribution in [2.75, 3.05) is 0 Å². The van der Waals surface area contributed by atoms with Crippen molar-refractivity contribution in [1.82, 2.24) is 0 Å². The molecule has 3 aromatic carbocycles. The summed E-state index contributed by atoms with van der Waals surface area (Å²) in [6.45, 7) is 14.9. The Morgan fingerprint density at radius 3 is 1.41 bits per heavy atom. The normalized spacial score (nSPS) is 11.3. The summed E-state index contributed by atoms with van der Waals surface area (Å²) in [7, 11) is 0. The molecule has 216 valence electrons. The van der Waals surface area contributed by atoms with Gasteiger partial charge in [-0.15, -0.1) is 49.0 Å². The zero-order valence-corrected chi connectivity index (χ0v) is 23.1. The summed E-state index contributed by atoms with van der Waals surface area (Å²) >= 11 is 2.14. The number of rotatable bonds is 4. The number of halogens is 6. The van der Waals surface area contributed by atoms with Gasteiger partial charge in [-0.3, -0.25) is 0 Å². The third kappa shape index (κ3) is 5.86. The van der Waals surface area contributed by atoms with Gasteiger partial charge in [0.15, 0.2) is 0 Å². The lowest BCUT2D eigenvalue weighted by molar-refractivity contribution is -0.275. The molecule has 0 saturated carbocycles. The lowest BCUT2D eigenvalue weighted by Crippen LogP contribution is -2.16. The van der Waals surface area contributed by atoms with E-state index < -0.39 is 24.2 Å². The molecule has 2 aromatic heterocycles. The molecule has 0 atom stereocenters. The van der Waals surface area contributed by atoms with E-state index in [1.165, 1.54) is 24.3 Å². The second-order valence-electron chi connectivity index (χ2n) is 8.75. The fraction of sp³-hybridized carbons (Fsp3) is 0.0667. The number of ether oxygens (including phenoxy) is 2. The highest BCUT2D eigenvalue weighted by Gasteiger charge is 2.32. The zero-order chi connectivity index (χ0) is 31.8. The molecule has 0 aliphatic carbocycles. The Morgan fingerprint density at radius 2 is 1.05 bits per heavy atom. The van der Waals surface area contributed by atoms with Crippen molar-refractivity contribution in [2.24, 2.45) is 0 Å². The molecular formula is C30H10F6N4O2S2. The summed E-state index contributed by atoms with van der Waals surface area (Å²) in [5.74, 6) is -1.17. The van der Waals surface area contributed by atoms with Crippen LogP contribution in [0.4, 0.5) is 26.3 Å². The molecule has 5 rings (SSSR count). The first kappa shape index (κ1) is 29.9. The molecule has 0 aliphatic rings. The molecule has 0 aliphatic heterocycles. The molecule has 6 nitrogen and oxygen atoms in total.